The number of nitrogens with one attached hydrogen (secondary N) is 2. The predicted molar refractivity (Wildman–Crippen MR) is 84.8 cm³/mol. The molecule has 0 spiro atoms. The fourth-order valence-corrected chi connectivity index (χ4v) is 2.78. The molecule has 1 aromatic carbocycles. The van der Waals surface area contributed by atoms with Crippen LogP contribution in [0, 0.1) is 13.8 Å². The van der Waals surface area contributed by atoms with Gasteiger partial charge < -0.3 is 15.0 Å². The van der Waals surface area contributed by atoms with Gasteiger partial charge in [0.1, 0.15) is 12.6 Å². The number of hydrogen-bond acceptors (Lipinski definition) is 2. The minimum absolute atomic E-state index is 0.0667. The van der Waals surface area contributed by atoms with E-state index in [1.54, 1.807) is 0 Å². The number of likely N-dealkylation sites (N-methyl/N-ethyl adjacent to an activating group) is 1. The zero-order chi connectivity index (χ0) is 15.2. The highest BCUT2D eigenvalue weighted by molar-refractivity contribution is 5.92. The van der Waals surface area contributed by atoms with Gasteiger partial charge in [-0.3, -0.25) is 4.79 Å². The van der Waals surface area contributed by atoms with Gasteiger partial charge in [0.2, 0.25) is 0 Å². The van der Waals surface area contributed by atoms with E-state index in [0.29, 0.717) is 12.6 Å². The molecule has 1 heterocycles. The van der Waals surface area contributed by atoms with Crippen molar-refractivity contribution in [3.63, 3.8) is 0 Å². The molecule has 0 aliphatic carbocycles. The molecule has 0 radical (unpaired) electrons. The second-order valence-electron chi connectivity index (χ2n) is 6.12. The molecular weight excluding hydrogens is 264 g/mol. The Morgan fingerprint density at radius 1 is 1.38 bits per heavy atom. The topological polar surface area (TPSA) is 42.8 Å². The molecule has 2 N–H and O–H groups in total. The monoisotopic (exact) mass is 291 g/mol. The van der Waals surface area contributed by atoms with Gasteiger partial charge in [-0.1, -0.05) is 12.1 Å². The Labute approximate surface area is 127 Å². The Morgan fingerprint density at radius 3 is 2.90 bits per heavy atom. The smallest absolute Gasteiger partial charge is 0.279 e. The van der Waals surface area contributed by atoms with Crippen LogP contribution in [0.2, 0.25) is 0 Å². The third kappa shape index (κ3) is 4.83. The Kier molecular flexibility index (Phi) is 5.76. The van der Waals surface area contributed by atoms with Crippen LogP contribution < -0.4 is 10.2 Å². The van der Waals surface area contributed by atoms with E-state index >= 15 is 0 Å². The Hall–Kier alpha value is -1.39. The fourth-order valence-electron chi connectivity index (χ4n) is 2.78. The first-order chi connectivity index (χ1) is 10.1. The van der Waals surface area contributed by atoms with Crippen LogP contribution in [0.4, 0.5) is 5.69 Å². The lowest BCUT2D eigenvalue weighted by atomic mass is 10.1. The third-order valence-corrected chi connectivity index (χ3v) is 4.19. The van der Waals surface area contributed by atoms with Crippen molar-refractivity contribution in [2.24, 2.45) is 0 Å². The lowest BCUT2D eigenvalue weighted by Gasteiger charge is -2.25. The number of rotatable bonds is 5. The average molecular weight is 291 g/mol. The molecule has 0 saturated carbocycles. The Bertz CT molecular complexity index is 482. The average Bonchev–Trinajstić information content (AvgIpc) is 2.44. The van der Waals surface area contributed by atoms with Gasteiger partial charge in [0.25, 0.3) is 5.91 Å². The second kappa shape index (κ2) is 7.57. The summed E-state index contributed by atoms with van der Waals surface area (Å²) in [4.78, 5) is 13.4. The van der Waals surface area contributed by atoms with Crippen molar-refractivity contribution in [1.82, 2.24) is 0 Å². The van der Waals surface area contributed by atoms with Crippen LogP contribution in [0.25, 0.3) is 0 Å². The van der Waals surface area contributed by atoms with Crippen LogP contribution in [0.5, 0.6) is 0 Å². The summed E-state index contributed by atoms with van der Waals surface area (Å²) in [5.74, 6) is 0.0667. The van der Waals surface area contributed by atoms with Crippen LogP contribution >= 0.6 is 0 Å². The van der Waals surface area contributed by atoms with Gasteiger partial charge in [0, 0.05) is 12.3 Å². The van der Waals surface area contributed by atoms with E-state index < -0.39 is 0 Å². The quantitative estimate of drug-likeness (QED) is 0.859. The molecule has 2 atom stereocenters. The van der Waals surface area contributed by atoms with Crippen LogP contribution in [-0.4, -0.2) is 38.8 Å². The zero-order valence-corrected chi connectivity index (χ0v) is 13.4. The molecule has 116 valence electrons. The number of ether oxygens (including phenoxy) is 1. The molecule has 21 heavy (non-hydrogen) atoms. The van der Waals surface area contributed by atoms with E-state index in [0.717, 1.165) is 30.8 Å². The third-order valence-electron chi connectivity index (χ3n) is 4.19. The lowest BCUT2D eigenvalue weighted by molar-refractivity contribution is -0.874. The number of quaternary nitrogens is 1. The number of anilines is 1. The number of amides is 1. The van der Waals surface area contributed by atoms with E-state index in [2.05, 4.69) is 25.4 Å². The summed E-state index contributed by atoms with van der Waals surface area (Å²) in [5, 5.41) is 3.02. The summed E-state index contributed by atoms with van der Waals surface area (Å²) in [6.45, 7) is 6.35. The molecule has 0 aromatic heterocycles. The van der Waals surface area contributed by atoms with Crippen molar-refractivity contribution < 1.29 is 14.4 Å². The van der Waals surface area contributed by atoms with Gasteiger partial charge in [-0.05, 0) is 50.3 Å². The summed E-state index contributed by atoms with van der Waals surface area (Å²) >= 11 is 0. The molecular formula is C17H27N2O2+. The maximum Gasteiger partial charge on any atom is 0.279 e. The lowest BCUT2D eigenvalue weighted by Crippen LogP contribution is -3.11. The molecule has 1 aromatic rings. The van der Waals surface area contributed by atoms with Gasteiger partial charge >= 0.3 is 0 Å². The van der Waals surface area contributed by atoms with Crippen molar-refractivity contribution in [2.45, 2.75) is 39.2 Å². The summed E-state index contributed by atoms with van der Waals surface area (Å²) in [5.41, 5.74) is 3.25. The van der Waals surface area contributed by atoms with E-state index in [1.165, 1.54) is 23.3 Å². The predicted octanol–water partition coefficient (Wildman–Crippen LogP) is 1.33. The molecule has 1 saturated heterocycles. The first-order valence-electron chi connectivity index (χ1n) is 7.85. The van der Waals surface area contributed by atoms with Gasteiger partial charge in [-0.2, -0.15) is 0 Å². The molecule has 4 nitrogen and oxygen atoms in total. The molecule has 1 fully saturated rings. The van der Waals surface area contributed by atoms with E-state index in [9.17, 15) is 4.79 Å². The van der Waals surface area contributed by atoms with Crippen LogP contribution in [0.3, 0.4) is 0 Å². The maximum absolute atomic E-state index is 12.2. The highest BCUT2D eigenvalue weighted by atomic mass is 16.5. The minimum atomic E-state index is 0.0667. The van der Waals surface area contributed by atoms with Gasteiger partial charge in [0.15, 0.2) is 6.54 Å². The number of carbonyl (C=O) groups is 1. The molecule has 2 rings (SSSR count). The first-order valence-corrected chi connectivity index (χ1v) is 7.85. The maximum atomic E-state index is 12.2. The zero-order valence-electron chi connectivity index (χ0n) is 13.4. The fraction of sp³-hybridized carbons (Fsp3) is 0.588. The molecule has 1 unspecified atom stereocenters. The van der Waals surface area contributed by atoms with E-state index in [-0.39, 0.29) is 5.91 Å². The standard InChI is InChI=1S/C17H26N2O2/c1-13-7-6-9-16(14(13)2)18-17(20)12-19(3)11-15-8-4-5-10-21-15/h6-7,9,15H,4-5,8,10-12H2,1-3H3,(H,18,20)/p+1/t15-/m0/s1. The highest BCUT2D eigenvalue weighted by Gasteiger charge is 2.20. The van der Waals surface area contributed by atoms with Crippen LogP contribution in [0.15, 0.2) is 18.2 Å². The highest BCUT2D eigenvalue weighted by Crippen LogP contribution is 2.17. The summed E-state index contributed by atoms with van der Waals surface area (Å²) in [6.07, 6.45) is 3.85. The van der Waals surface area contributed by atoms with Gasteiger partial charge in [-0.25, -0.2) is 0 Å². The minimum Gasteiger partial charge on any atom is -0.372 e. The summed E-state index contributed by atoms with van der Waals surface area (Å²) in [7, 11) is 2.06. The Balaban J connectivity index is 1.82. The molecule has 4 heteroatoms. The number of aryl methyl sites for hydroxylation is 1. The molecule has 1 aliphatic rings. The van der Waals surface area contributed by atoms with Crippen molar-refractivity contribution in [2.75, 3.05) is 32.1 Å². The molecule has 1 amide bonds. The SMILES string of the molecule is Cc1cccc(NC(=O)C[NH+](C)C[C@@H]2CCCCO2)c1C. The van der Waals surface area contributed by atoms with Gasteiger partial charge in [-0.15, -0.1) is 0 Å². The summed E-state index contributed by atoms with van der Waals surface area (Å²) in [6, 6.07) is 5.99. The van der Waals surface area contributed by atoms with Crippen LogP contribution in [0.1, 0.15) is 30.4 Å². The van der Waals surface area contributed by atoms with Gasteiger partial charge in [0.05, 0.1) is 7.05 Å². The van der Waals surface area contributed by atoms with Crippen LogP contribution in [-0.2, 0) is 9.53 Å². The first kappa shape index (κ1) is 16.0. The number of benzene rings is 1. The number of carbonyl (C=O) groups excluding carboxylic acids is 1. The van der Waals surface area contributed by atoms with Crippen molar-refractivity contribution in [1.29, 1.82) is 0 Å². The van der Waals surface area contributed by atoms with Crippen molar-refractivity contribution in [3.05, 3.63) is 29.3 Å². The molecule has 1 aliphatic heterocycles. The number of hydrogen-bond donors (Lipinski definition) is 2. The van der Waals surface area contributed by atoms with Crippen molar-refractivity contribution >= 4 is 11.6 Å². The summed E-state index contributed by atoms with van der Waals surface area (Å²) < 4.78 is 5.73. The largest absolute Gasteiger partial charge is 0.372 e. The molecule has 0 bridgehead atoms. The van der Waals surface area contributed by atoms with E-state index in [4.69, 9.17) is 4.74 Å². The Morgan fingerprint density at radius 2 is 2.19 bits per heavy atom. The second-order valence-corrected chi connectivity index (χ2v) is 6.12. The van der Waals surface area contributed by atoms with E-state index in [1.807, 2.05) is 19.1 Å². The normalized spacial score (nSPS) is 20.0. The van der Waals surface area contributed by atoms with Crippen molar-refractivity contribution in [3.8, 4) is 0 Å².